The van der Waals surface area contributed by atoms with E-state index in [9.17, 15) is 0 Å². The first-order valence-electron chi connectivity index (χ1n) is 4.75. The van der Waals surface area contributed by atoms with Crippen LogP contribution in [0.4, 0.5) is 5.13 Å². The van der Waals surface area contributed by atoms with E-state index in [2.05, 4.69) is 22.4 Å². The Kier molecular flexibility index (Phi) is 2.73. The van der Waals surface area contributed by atoms with Crippen molar-refractivity contribution < 1.29 is 4.52 Å². The SMILES string of the molecule is Cc1cc(CNc2nc(C)c(C)s2)on1. The average molecular weight is 223 g/mol. The van der Waals surface area contributed by atoms with Gasteiger partial charge in [0.1, 0.15) is 0 Å². The van der Waals surface area contributed by atoms with Crippen LogP contribution in [0.1, 0.15) is 22.0 Å². The van der Waals surface area contributed by atoms with Gasteiger partial charge in [-0.3, -0.25) is 0 Å². The quantitative estimate of drug-likeness (QED) is 0.869. The number of nitrogens with one attached hydrogen (secondary N) is 1. The van der Waals surface area contributed by atoms with E-state index in [1.807, 2.05) is 19.9 Å². The summed E-state index contributed by atoms with van der Waals surface area (Å²) in [6.07, 6.45) is 0. The lowest BCUT2D eigenvalue weighted by molar-refractivity contribution is 0.384. The summed E-state index contributed by atoms with van der Waals surface area (Å²) in [6, 6.07) is 1.92. The monoisotopic (exact) mass is 223 g/mol. The summed E-state index contributed by atoms with van der Waals surface area (Å²) < 4.78 is 5.09. The molecule has 0 aliphatic heterocycles. The zero-order valence-corrected chi connectivity index (χ0v) is 9.81. The molecule has 0 aliphatic rings. The number of rotatable bonds is 3. The molecule has 2 aromatic rings. The molecule has 4 nitrogen and oxygen atoms in total. The van der Waals surface area contributed by atoms with E-state index in [4.69, 9.17) is 4.52 Å². The van der Waals surface area contributed by atoms with Crippen molar-refractivity contribution in [3.05, 3.63) is 28.1 Å². The van der Waals surface area contributed by atoms with E-state index in [1.54, 1.807) is 11.3 Å². The first kappa shape index (κ1) is 10.2. The summed E-state index contributed by atoms with van der Waals surface area (Å²) in [7, 11) is 0. The summed E-state index contributed by atoms with van der Waals surface area (Å²) in [5.41, 5.74) is 1.98. The molecule has 0 fully saturated rings. The summed E-state index contributed by atoms with van der Waals surface area (Å²) in [5, 5.41) is 7.96. The molecule has 0 saturated heterocycles. The normalized spacial score (nSPS) is 10.6. The fourth-order valence-electron chi connectivity index (χ4n) is 1.21. The van der Waals surface area contributed by atoms with Gasteiger partial charge in [0.05, 0.1) is 17.9 Å². The molecule has 80 valence electrons. The molecule has 2 heterocycles. The summed E-state index contributed by atoms with van der Waals surface area (Å²) in [6.45, 7) is 6.62. The molecule has 1 N–H and O–H groups in total. The van der Waals surface area contributed by atoms with Crippen LogP contribution >= 0.6 is 11.3 Å². The molecular formula is C10H13N3OS. The van der Waals surface area contributed by atoms with Gasteiger partial charge in [0, 0.05) is 10.9 Å². The minimum atomic E-state index is 0.632. The van der Waals surface area contributed by atoms with Crippen LogP contribution in [0.5, 0.6) is 0 Å². The van der Waals surface area contributed by atoms with Crippen LogP contribution in [0.25, 0.3) is 0 Å². The van der Waals surface area contributed by atoms with Gasteiger partial charge in [-0.1, -0.05) is 5.16 Å². The first-order chi connectivity index (χ1) is 7.15. The number of aryl methyl sites for hydroxylation is 3. The Hall–Kier alpha value is -1.36. The van der Waals surface area contributed by atoms with Crippen molar-refractivity contribution in [2.75, 3.05) is 5.32 Å². The smallest absolute Gasteiger partial charge is 0.183 e. The van der Waals surface area contributed by atoms with Crippen molar-refractivity contribution in [1.29, 1.82) is 0 Å². The third-order valence-electron chi connectivity index (χ3n) is 2.12. The highest BCUT2D eigenvalue weighted by Crippen LogP contribution is 2.21. The van der Waals surface area contributed by atoms with Gasteiger partial charge in [-0.2, -0.15) is 0 Å². The lowest BCUT2D eigenvalue weighted by Gasteiger charge is -1.96. The summed E-state index contributed by atoms with van der Waals surface area (Å²) >= 11 is 1.66. The third kappa shape index (κ3) is 2.36. The van der Waals surface area contributed by atoms with Gasteiger partial charge in [0.25, 0.3) is 0 Å². The molecule has 0 atom stereocenters. The fourth-order valence-corrected chi connectivity index (χ4v) is 2.02. The Balaban J connectivity index is 1.99. The third-order valence-corrected chi connectivity index (χ3v) is 3.15. The second-order valence-corrected chi connectivity index (χ2v) is 4.65. The average Bonchev–Trinajstić information content (AvgIpc) is 2.72. The maximum atomic E-state index is 5.09. The maximum Gasteiger partial charge on any atom is 0.183 e. The largest absolute Gasteiger partial charge is 0.359 e. The van der Waals surface area contributed by atoms with Gasteiger partial charge in [0.2, 0.25) is 0 Å². The Labute approximate surface area is 92.3 Å². The Bertz CT molecular complexity index is 441. The Morgan fingerprint density at radius 1 is 1.40 bits per heavy atom. The predicted molar refractivity (Wildman–Crippen MR) is 60.2 cm³/mol. The molecule has 15 heavy (non-hydrogen) atoms. The zero-order chi connectivity index (χ0) is 10.8. The van der Waals surface area contributed by atoms with E-state index in [0.717, 1.165) is 22.3 Å². The number of hydrogen-bond acceptors (Lipinski definition) is 5. The van der Waals surface area contributed by atoms with Crippen molar-refractivity contribution in [2.45, 2.75) is 27.3 Å². The molecule has 0 bridgehead atoms. The van der Waals surface area contributed by atoms with Crippen LogP contribution in [0.15, 0.2) is 10.6 Å². The van der Waals surface area contributed by atoms with E-state index in [-0.39, 0.29) is 0 Å². The Morgan fingerprint density at radius 3 is 2.73 bits per heavy atom. The number of aromatic nitrogens is 2. The van der Waals surface area contributed by atoms with Gasteiger partial charge in [0.15, 0.2) is 10.9 Å². The predicted octanol–water partition coefficient (Wildman–Crippen LogP) is 2.67. The van der Waals surface area contributed by atoms with Crippen LogP contribution in [-0.4, -0.2) is 10.1 Å². The molecule has 5 heteroatoms. The minimum Gasteiger partial charge on any atom is -0.359 e. The lowest BCUT2D eigenvalue weighted by Crippen LogP contribution is -1.97. The molecule has 0 amide bonds. The Morgan fingerprint density at radius 2 is 2.20 bits per heavy atom. The van der Waals surface area contributed by atoms with Gasteiger partial charge >= 0.3 is 0 Å². The van der Waals surface area contributed by atoms with Crippen LogP contribution in [0, 0.1) is 20.8 Å². The van der Waals surface area contributed by atoms with E-state index < -0.39 is 0 Å². The molecular weight excluding hydrogens is 210 g/mol. The van der Waals surface area contributed by atoms with Gasteiger partial charge in [-0.05, 0) is 20.8 Å². The first-order valence-corrected chi connectivity index (χ1v) is 5.57. The molecule has 0 aromatic carbocycles. The zero-order valence-electron chi connectivity index (χ0n) is 9.00. The number of anilines is 1. The van der Waals surface area contributed by atoms with Crippen LogP contribution in [0.2, 0.25) is 0 Å². The number of nitrogens with zero attached hydrogens (tertiary/aromatic N) is 2. The highest BCUT2D eigenvalue weighted by Gasteiger charge is 2.04. The maximum absolute atomic E-state index is 5.09. The highest BCUT2D eigenvalue weighted by atomic mass is 32.1. The van der Waals surface area contributed by atoms with Gasteiger partial charge < -0.3 is 9.84 Å². The summed E-state index contributed by atoms with van der Waals surface area (Å²) in [5.74, 6) is 0.831. The molecule has 0 aliphatic carbocycles. The number of thiazole rings is 1. The second kappa shape index (κ2) is 4.02. The fraction of sp³-hybridized carbons (Fsp3) is 0.400. The molecule has 0 saturated carbocycles. The lowest BCUT2D eigenvalue weighted by atomic mass is 10.4. The highest BCUT2D eigenvalue weighted by molar-refractivity contribution is 7.15. The van der Waals surface area contributed by atoms with E-state index in [0.29, 0.717) is 6.54 Å². The van der Waals surface area contributed by atoms with Crippen molar-refractivity contribution >= 4 is 16.5 Å². The molecule has 2 aromatic heterocycles. The summed E-state index contributed by atoms with van der Waals surface area (Å²) in [4.78, 5) is 5.62. The van der Waals surface area contributed by atoms with E-state index in [1.165, 1.54) is 4.88 Å². The topological polar surface area (TPSA) is 51.0 Å². The van der Waals surface area contributed by atoms with Gasteiger partial charge in [-0.15, -0.1) is 11.3 Å². The van der Waals surface area contributed by atoms with Gasteiger partial charge in [-0.25, -0.2) is 4.98 Å². The van der Waals surface area contributed by atoms with Crippen molar-refractivity contribution in [3.63, 3.8) is 0 Å². The van der Waals surface area contributed by atoms with Crippen LogP contribution in [-0.2, 0) is 6.54 Å². The number of hydrogen-bond donors (Lipinski definition) is 1. The van der Waals surface area contributed by atoms with Crippen LogP contribution < -0.4 is 5.32 Å². The minimum absolute atomic E-state index is 0.632. The van der Waals surface area contributed by atoms with Crippen molar-refractivity contribution in [1.82, 2.24) is 10.1 Å². The van der Waals surface area contributed by atoms with Crippen LogP contribution in [0.3, 0.4) is 0 Å². The standard InChI is InChI=1S/C10H13N3OS/c1-6-4-9(14-13-6)5-11-10-12-7(2)8(3)15-10/h4H,5H2,1-3H3,(H,11,12). The molecule has 2 rings (SSSR count). The molecule has 0 unspecified atom stereocenters. The van der Waals surface area contributed by atoms with Crippen molar-refractivity contribution in [2.24, 2.45) is 0 Å². The molecule has 0 spiro atoms. The van der Waals surface area contributed by atoms with E-state index >= 15 is 0 Å². The molecule has 0 radical (unpaired) electrons. The van der Waals surface area contributed by atoms with Crippen molar-refractivity contribution in [3.8, 4) is 0 Å². The second-order valence-electron chi connectivity index (χ2n) is 3.45.